The van der Waals surface area contributed by atoms with Gasteiger partial charge in [-0.1, -0.05) is 18.7 Å². The van der Waals surface area contributed by atoms with Crippen LogP contribution in [0.2, 0.25) is 0 Å². The summed E-state index contributed by atoms with van der Waals surface area (Å²) in [6.07, 6.45) is 0.925. The molecule has 1 N–H and O–H groups in total. The molecule has 0 aromatic carbocycles. The topological polar surface area (TPSA) is 44.2 Å². The van der Waals surface area contributed by atoms with Crippen molar-refractivity contribution in [3.8, 4) is 0 Å². The average molecular weight is 158 g/mol. The fraction of sp³-hybridized carbons (Fsp3) is 0.667. The lowest BCUT2D eigenvalue weighted by atomic mass is 10.4. The molecule has 1 saturated heterocycles. The van der Waals surface area contributed by atoms with Crippen molar-refractivity contribution >= 4 is 22.8 Å². The Balaban J connectivity index is 2.54. The molecule has 1 heterocycles. The van der Waals surface area contributed by atoms with Crippen LogP contribution in [-0.4, -0.2) is 28.3 Å². The lowest BCUT2D eigenvalue weighted by molar-refractivity contribution is -0.124. The number of hydrogen-bond acceptors (Lipinski definition) is 3. The minimum absolute atomic E-state index is 0.0804. The molecule has 0 radical (unpaired) electrons. The lowest BCUT2D eigenvalue weighted by Crippen LogP contribution is -2.29. The van der Waals surface area contributed by atoms with Crippen molar-refractivity contribution in [1.82, 2.24) is 4.90 Å². The molecule has 1 aliphatic heterocycles. The van der Waals surface area contributed by atoms with Gasteiger partial charge in [0.05, 0.1) is 5.75 Å². The summed E-state index contributed by atoms with van der Waals surface area (Å²) in [5.74, 6) is 0.538. The van der Waals surface area contributed by atoms with Crippen LogP contribution in [0.25, 0.3) is 0 Å². The maximum absolute atomic E-state index is 10.9. The summed E-state index contributed by atoms with van der Waals surface area (Å²) in [6.45, 7) is 2.70. The van der Waals surface area contributed by atoms with Crippen LogP contribution in [0.15, 0.2) is 0 Å². The van der Waals surface area contributed by atoms with Gasteiger partial charge in [0.25, 0.3) is 0 Å². The molecular formula is C6H10N2OS. The van der Waals surface area contributed by atoms with E-state index in [0.717, 1.165) is 6.42 Å². The smallest absolute Gasteiger partial charge is 0.239 e. The van der Waals surface area contributed by atoms with E-state index in [1.807, 2.05) is 6.92 Å². The minimum atomic E-state index is 0.0804. The molecule has 10 heavy (non-hydrogen) atoms. The van der Waals surface area contributed by atoms with Crippen LogP contribution in [0.3, 0.4) is 0 Å². The Bertz CT molecular complexity index is 153. The highest BCUT2D eigenvalue weighted by molar-refractivity contribution is 8.14. The van der Waals surface area contributed by atoms with Crippen molar-refractivity contribution in [2.45, 2.75) is 13.3 Å². The summed E-state index contributed by atoms with van der Waals surface area (Å²) < 4.78 is 0. The molecule has 1 rings (SSSR count). The van der Waals surface area contributed by atoms with Gasteiger partial charge in [0.1, 0.15) is 0 Å². The molecule has 4 heteroatoms. The first-order valence-corrected chi connectivity index (χ1v) is 4.26. The molecule has 1 aliphatic rings. The quantitative estimate of drug-likeness (QED) is 0.649. The van der Waals surface area contributed by atoms with E-state index in [1.165, 1.54) is 16.7 Å². The van der Waals surface area contributed by atoms with Crippen molar-refractivity contribution in [2.24, 2.45) is 0 Å². The highest BCUT2D eigenvalue weighted by Crippen LogP contribution is 2.17. The third kappa shape index (κ3) is 1.31. The number of rotatable bonds is 2. The Morgan fingerprint density at radius 3 is 2.90 bits per heavy atom. The first kappa shape index (κ1) is 7.60. The molecular weight excluding hydrogens is 148 g/mol. The zero-order chi connectivity index (χ0) is 7.56. The van der Waals surface area contributed by atoms with Crippen molar-refractivity contribution in [2.75, 3.05) is 12.3 Å². The Kier molecular flexibility index (Phi) is 2.32. The first-order valence-electron chi connectivity index (χ1n) is 3.27. The molecule has 1 amide bonds. The van der Waals surface area contributed by atoms with Crippen molar-refractivity contribution in [3.05, 3.63) is 0 Å². The zero-order valence-corrected chi connectivity index (χ0v) is 6.70. The Morgan fingerprint density at radius 1 is 1.80 bits per heavy atom. The molecule has 0 aromatic rings. The Morgan fingerprint density at radius 2 is 2.50 bits per heavy atom. The number of amides is 1. The maximum atomic E-state index is 10.9. The van der Waals surface area contributed by atoms with E-state index >= 15 is 0 Å². The van der Waals surface area contributed by atoms with Gasteiger partial charge in [-0.05, 0) is 6.42 Å². The van der Waals surface area contributed by atoms with E-state index in [4.69, 9.17) is 5.41 Å². The van der Waals surface area contributed by atoms with E-state index in [1.54, 1.807) is 0 Å². The van der Waals surface area contributed by atoms with E-state index in [-0.39, 0.29) is 5.91 Å². The van der Waals surface area contributed by atoms with E-state index in [2.05, 4.69) is 0 Å². The molecule has 0 spiro atoms. The van der Waals surface area contributed by atoms with Crippen LogP contribution in [0.1, 0.15) is 13.3 Å². The highest BCUT2D eigenvalue weighted by Gasteiger charge is 2.25. The maximum Gasteiger partial charge on any atom is 0.239 e. The normalized spacial score (nSPS) is 18.7. The molecule has 0 unspecified atom stereocenters. The largest absolute Gasteiger partial charge is 0.291 e. The number of amidine groups is 1. The molecule has 56 valence electrons. The van der Waals surface area contributed by atoms with Gasteiger partial charge >= 0.3 is 0 Å². The predicted octanol–water partition coefficient (Wildman–Crippen LogP) is 0.907. The second kappa shape index (κ2) is 3.05. The first-order chi connectivity index (χ1) is 4.75. The second-order valence-electron chi connectivity index (χ2n) is 2.14. The van der Waals surface area contributed by atoms with Gasteiger partial charge in [0, 0.05) is 6.54 Å². The second-order valence-corrected chi connectivity index (χ2v) is 3.10. The van der Waals surface area contributed by atoms with Gasteiger partial charge in [0.2, 0.25) is 5.91 Å². The van der Waals surface area contributed by atoms with Gasteiger partial charge in [-0.3, -0.25) is 15.1 Å². The fourth-order valence-electron chi connectivity index (χ4n) is 0.849. The SMILES string of the molecule is CCCN1C(=N)SCC1=O. The van der Waals surface area contributed by atoms with Gasteiger partial charge in [-0.25, -0.2) is 0 Å². The third-order valence-electron chi connectivity index (χ3n) is 1.33. The number of carbonyl (C=O) groups is 1. The standard InChI is InChI=1S/C6H10N2OS/c1-2-3-8-5(9)4-10-6(8)7/h7H,2-4H2,1H3. The lowest BCUT2D eigenvalue weighted by Gasteiger charge is -2.11. The van der Waals surface area contributed by atoms with Crippen LogP contribution >= 0.6 is 11.8 Å². The van der Waals surface area contributed by atoms with Crippen LogP contribution in [0.4, 0.5) is 0 Å². The summed E-state index contributed by atoms with van der Waals surface area (Å²) in [5.41, 5.74) is 0. The van der Waals surface area contributed by atoms with Gasteiger partial charge in [-0.15, -0.1) is 0 Å². The third-order valence-corrected chi connectivity index (χ3v) is 2.21. The molecule has 0 saturated carbocycles. The fourth-order valence-corrected chi connectivity index (χ4v) is 1.61. The van der Waals surface area contributed by atoms with Gasteiger partial charge in [0.15, 0.2) is 5.17 Å². The highest BCUT2D eigenvalue weighted by atomic mass is 32.2. The number of hydrogen-bond donors (Lipinski definition) is 1. The number of nitrogens with one attached hydrogen (secondary N) is 1. The van der Waals surface area contributed by atoms with Gasteiger partial charge in [-0.2, -0.15) is 0 Å². The molecule has 3 nitrogen and oxygen atoms in total. The number of carbonyl (C=O) groups excluding carboxylic acids is 1. The van der Waals surface area contributed by atoms with E-state index in [0.29, 0.717) is 17.5 Å². The average Bonchev–Trinajstić information content (AvgIpc) is 2.20. The summed E-state index contributed by atoms with van der Waals surface area (Å²) in [6, 6.07) is 0. The Hall–Kier alpha value is -0.510. The summed E-state index contributed by atoms with van der Waals surface area (Å²) >= 11 is 1.31. The minimum Gasteiger partial charge on any atom is -0.291 e. The van der Waals surface area contributed by atoms with Crippen LogP contribution in [0, 0.1) is 5.41 Å². The summed E-state index contributed by atoms with van der Waals surface area (Å²) in [4.78, 5) is 12.5. The molecule has 1 fully saturated rings. The number of nitrogens with zero attached hydrogens (tertiary/aromatic N) is 1. The monoisotopic (exact) mass is 158 g/mol. The van der Waals surface area contributed by atoms with E-state index < -0.39 is 0 Å². The Labute approximate surface area is 64.3 Å². The molecule has 0 aliphatic carbocycles. The van der Waals surface area contributed by atoms with Crippen molar-refractivity contribution in [3.63, 3.8) is 0 Å². The molecule has 0 aromatic heterocycles. The van der Waals surface area contributed by atoms with Crippen molar-refractivity contribution in [1.29, 1.82) is 5.41 Å². The van der Waals surface area contributed by atoms with E-state index in [9.17, 15) is 4.79 Å². The summed E-state index contributed by atoms with van der Waals surface area (Å²) in [5, 5.41) is 7.72. The number of thioether (sulfide) groups is 1. The zero-order valence-electron chi connectivity index (χ0n) is 5.89. The molecule has 0 atom stereocenters. The van der Waals surface area contributed by atoms with Crippen LogP contribution < -0.4 is 0 Å². The summed E-state index contributed by atoms with van der Waals surface area (Å²) in [7, 11) is 0. The van der Waals surface area contributed by atoms with Gasteiger partial charge < -0.3 is 0 Å². The van der Waals surface area contributed by atoms with Crippen LogP contribution in [-0.2, 0) is 4.79 Å². The predicted molar refractivity (Wildman–Crippen MR) is 42.2 cm³/mol. The molecule has 0 bridgehead atoms. The van der Waals surface area contributed by atoms with Crippen LogP contribution in [0.5, 0.6) is 0 Å². The van der Waals surface area contributed by atoms with Crippen molar-refractivity contribution < 1.29 is 4.79 Å².